The van der Waals surface area contributed by atoms with Gasteiger partial charge in [-0.15, -0.1) is 0 Å². The summed E-state index contributed by atoms with van der Waals surface area (Å²) in [4.78, 5) is 0. The van der Waals surface area contributed by atoms with E-state index < -0.39 is 0 Å². The molecule has 1 aromatic carbocycles. The first-order valence-electron chi connectivity index (χ1n) is 4.05. The van der Waals surface area contributed by atoms with Crippen LogP contribution in [0.5, 0.6) is 5.75 Å². The summed E-state index contributed by atoms with van der Waals surface area (Å²) >= 11 is 3.47. The maximum atomic E-state index is 5.78. The highest BCUT2D eigenvalue weighted by Gasteiger charge is 2.30. The summed E-state index contributed by atoms with van der Waals surface area (Å²) in [6.45, 7) is 4.22. The van der Waals surface area contributed by atoms with Crippen molar-refractivity contribution in [3.05, 3.63) is 28.2 Å². The van der Waals surface area contributed by atoms with Gasteiger partial charge in [0, 0.05) is 6.42 Å². The fraction of sp³-hybridized carbons (Fsp3) is 0.400. The molecule has 12 heavy (non-hydrogen) atoms. The molecule has 0 saturated carbocycles. The van der Waals surface area contributed by atoms with Crippen molar-refractivity contribution in [3.63, 3.8) is 0 Å². The Kier molecular flexibility index (Phi) is 1.69. The van der Waals surface area contributed by atoms with Gasteiger partial charge in [-0.2, -0.15) is 0 Å². The van der Waals surface area contributed by atoms with Gasteiger partial charge in [-0.1, -0.05) is 12.1 Å². The molecule has 0 saturated heterocycles. The van der Waals surface area contributed by atoms with Gasteiger partial charge in [-0.05, 0) is 41.4 Å². The Bertz CT molecular complexity index is 318. The quantitative estimate of drug-likeness (QED) is 0.661. The lowest BCUT2D eigenvalue weighted by atomic mass is 10.0. The molecule has 64 valence electrons. The standard InChI is InChI=1S/C10H11BrO/c1-10(2)6-7-4-3-5-8(11)9(7)12-10/h3-5H,6H2,1-2H3. The van der Waals surface area contributed by atoms with Crippen molar-refractivity contribution in [2.24, 2.45) is 0 Å². The van der Waals surface area contributed by atoms with Crippen molar-refractivity contribution in [1.82, 2.24) is 0 Å². The predicted octanol–water partition coefficient (Wildman–Crippen LogP) is 3.16. The first-order valence-corrected chi connectivity index (χ1v) is 4.84. The lowest BCUT2D eigenvalue weighted by Crippen LogP contribution is -2.24. The van der Waals surface area contributed by atoms with Crippen LogP contribution >= 0.6 is 15.9 Å². The van der Waals surface area contributed by atoms with Gasteiger partial charge >= 0.3 is 0 Å². The summed E-state index contributed by atoms with van der Waals surface area (Å²) in [7, 11) is 0. The molecule has 0 amide bonds. The van der Waals surface area contributed by atoms with Crippen molar-refractivity contribution >= 4 is 15.9 Å². The van der Waals surface area contributed by atoms with E-state index in [2.05, 4.69) is 35.8 Å². The number of hydrogen-bond donors (Lipinski definition) is 0. The average Bonchev–Trinajstić information content (AvgIpc) is 2.25. The average molecular weight is 227 g/mol. The third-order valence-corrected chi connectivity index (χ3v) is 2.67. The third kappa shape index (κ3) is 1.24. The minimum absolute atomic E-state index is 0.0355. The van der Waals surface area contributed by atoms with E-state index >= 15 is 0 Å². The van der Waals surface area contributed by atoms with Crippen LogP contribution in [0.3, 0.4) is 0 Å². The molecule has 1 aliphatic rings. The second-order valence-electron chi connectivity index (χ2n) is 3.77. The van der Waals surface area contributed by atoms with Crippen LogP contribution in [0, 0.1) is 0 Å². The fourth-order valence-corrected chi connectivity index (χ4v) is 2.07. The van der Waals surface area contributed by atoms with Crippen molar-refractivity contribution in [2.75, 3.05) is 0 Å². The van der Waals surface area contributed by atoms with Gasteiger partial charge in [-0.25, -0.2) is 0 Å². The SMILES string of the molecule is CC1(C)Cc2cccc(Br)c2O1. The molecule has 0 aromatic heterocycles. The molecule has 0 spiro atoms. The topological polar surface area (TPSA) is 9.23 Å². The molecular weight excluding hydrogens is 216 g/mol. The van der Waals surface area contributed by atoms with Gasteiger partial charge in [0.2, 0.25) is 0 Å². The van der Waals surface area contributed by atoms with Crippen LogP contribution in [0.1, 0.15) is 19.4 Å². The molecule has 0 fully saturated rings. The Labute approximate surface area is 80.9 Å². The van der Waals surface area contributed by atoms with Crippen molar-refractivity contribution < 1.29 is 4.74 Å². The Hall–Kier alpha value is -0.500. The van der Waals surface area contributed by atoms with Crippen LogP contribution in [0.2, 0.25) is 0 Å². The number of para-hydroxylation sites is 1. The molecular formula is C10H11BrO. The Morgan fingerprint density at radius 2 is 2.17 bits per heavy atom. The summed E-state index contributed by atoms with van der Waals surface area (Å²) in [5.41, 5.74) is 1.26. The van der Waals surface area contributed by atoms with Gasteiger partial charge in [-0.3, -0.25) is 0 Å². The molecule has 0 N–H and O–H groups in total. The molecule has 0 radical (unpaired) electrons. The van der Waals surface area contributed by atoms with E-state index in [0.717, 1.165) is 16.6 Å². The van der Waals surface area contributed by atoms with E-state index in [-0.39, 0.29) is 5.60 Å². The van der Waals surface area contributed by atoms with Crippen molar-refractivity contribution in [1.29, 1.82) is 0 Å². The van der Waals surface area contributed by atoms with Crippen LogP contribution in [-0.2, 0) is 6.42 Å². The van der Waals surface area contributed by atoms with Gasteiger partial charge < -0.3 is 4.74 Å². The van der Waals surface area contributed by atoms with E-state index in [4.69, 9.17) is 4.74 Å². The fourth-order valence-electron chi connectivity index (χ4n) is 1.58. The number of fused-ring (bicyclic) bond motifs is 1. The van der Waals surface area contributed by atoms with E-state index in [9.17, 15) is 0 Å². The van der Waals surface area contributed by atoms with Crippen LogP contribution in [0.4, 0.5) is 0 Å². The normalized spacial score (nSPS) is 18.6. The maximum absolute atomic E-state index is 5.78. The summed E-state index contributed by atoms with van der Waals surface area (Å²) < 4.78 is 6.84. The van der Waals surface area contributed by atoms with Crippen molar-refractivity contribution in [3.8, 4) is 5.75 Å². The van der Waals surface area contributed by atoms with Crippen LogP contribution in [-0.4, -0.2) is 5.60 Å². The van der Waals surface area contributed by atoms with E-state index in [1.165, 1.54) is 5.56 Å². The number of rotatable bonds is 0. The number of benzene rings is 1. The maximum Gasteiger partial charge on any atom is 0.137 e. The van der Waals surface area contributed by atoms with Gasteiger partial charge in [0.1, 0.15) is 11.4 Å². The largest absolute Gasteiger partial charge is 0.486 e. The van der Waals surface area contributed by atoms with Gasteiger partial charge in [0.05, 0.1) is 4.47 Å². The Balaban J connectivity index is 2.48. The van der Waals surface area contributed by atoms with E-state index in [1.54, 1.807) is 0 Å². The highest BCUT2D eigenvalue weighted by molar-refractivity contribution is 9.10. The molecule has 0 unspecified atom stereocenters. The van der Waals surface area contributed by atoms with Crippen LogP contribution in [0.25, 0.3) is 0 Å². The first kappa shape index (κ1) is 8.11. The molecule has 1 nitrogen and oxygen atoms in total. The minimum atomic E-state index is -0.0355. The zero-order valence-electron chi connectivity index (χ0n) is 7.23. The lowest BCUT2D eigenvalue weighted by Gasteiger charge is -2.17. The number of halogens is 1. The molecule has 0 aliphatic carbocycles. The summed E-state index contributed by atoms with van der Waals surface area (Å²) in [5.74, 6) is 1.02. The van der Waals surface area contributed by atoms with Crippen LogP contribution < -0.4 is 4.74 Å². The zero-order chi connectivity index (χ0) is 8.77. The Morgan fingerprint density at radius 3 is 2.83 bits per heavy atom. The summed E-state index contributed by atoms with van der Waals surface area (Å²) in [6.07, 6.45) is 1.00. The summed E-state index contributed by atoms with van der Waals surface area (Å²) in [5, 5.41) is 0. The monoisotopic (exact) mass is 226 g/mol. The molecule has 2 heteroatoms. The highest BCUT2D eigenvalue weighted by Crippen LogP contribution is 2.39. The molecule has 1 heterocycles. The van der Waals surface area contributed by atoms with E-state index in [0.29, 0.717) is 0 Å². The summed E-state index contributed by atoms with van der Waals surface area (Å²) in [6, 6.07) is 6.18. The van der Waals surface area contributed by atoms with Gasteiger partial charge in [0.25, 0.3) is 0 Å². The lowest BCUT2D eigenvalue weighted by molar-refractivity contribution is 0.137. The highest BCUT2D eigenvalue weighted by atomic mass is 79.9. The molecule has 0 bridgehead atoms. The van der Waals surface area contributed by atoms with Gasteiger partial charge in [0.15, 0.2) is 0 Å². The number of ether oxygens (including phenoxy) is 1. The molecule has 0 atom stereocenters. The first-order chi connectivity index (χ1) is 5.58. The molecule has 1 aliphatic heterocycles. The van der Waals surface area contributed by atoms with Crippen molar-refractivity contribution in [2.45, 2.75) is 25.9 Å². The second-order valence-corrected chi connectivity index (χ2v) is 4.62. The molecule has 1 aromatic rings. The third-order valence-electron chi connectivity index (χ3n) is 2.04. The van der Waals surface area contributed by atoms with E-state index in [1.807, 2.05) is 12.1 Å². The smallest absolute Gasteiger partial charge is 0.137 e. The molecule has 2 rings (SSSR count). The van der Waals surface area contributed by atoms with Crippen LogP contribution in [0.15, 0.2) is 22.7 Å². The minimum Gasteiger partial charge on any atom is -0.486 e. The zero-order valence-corrected chi connectivity index (χ0v) is 8.81. The Morgan fingerprint density at radius 1 is 1.42 bits per heavy atom. The second kappa shape index (κ2) is 2.49. The predicted molar refractivity (Wildman–Crippen MR) is 52.6 cm³/mol. The number of hydrogen-bond acceptors (Lipinski definition) is 1.